The fourth-order valence-corrected chi connectivity index (χ4v) is 1.60. The van der Waals surface area contributed by atoms with Crippen molar-refractivity contribution in [3.8, 4) is 0 Å². The van der Waals surface area contributed by atoms with Gasteiger partial charge in [-0.25, -0.2) is 0 Å². The lowest BCUT2D eigenvalue weighted by molar-refractivity contribution is -0.126. The molecule has 0 spiro atoms. The molecule has 0 aliphatic carbocycles. The van der Waals surface area contributed by atoms with Crippen LogP contribution in [0.4, 0.5) is 0 Å². The van der Waals surface area contributed by atoms with Crippen molar-refractivity contribution in [3.05, 3.63) is 0 Å². The van der Waals surface area contributed by atoms with Crippen LogP contribution in [0.15, 0.2) is 0 Å². The van der Waals surface area contributed by atoms with Crippen molar-refractivity contribution in [3.63, 3.8) is 0 Å². The Morgan fingerprint density at radius 2 is 1.94 bits per heavy atom. The van der Waals surface area contributed by atoms with Crippen molar-refractivity contribution in [1.82, 2.24) is 5.32 Å². The van der Waals surface area contributed by atoms with Gasteiger partial charge in [-0.05, 0) is 19.3 Å². The van der Waals surface area contributed by atoms with Gasteiger partial charge in [0.05, 0.1) is 11.5 Å². The minimum absolute atomic E-state index is 0.0373. The standard InChI is InChI=1S/C12H26N2O2/c1-4-7-10(8-13)11(15)14-9-12(16,5-2)6-3/h10,16H,4-9,13H2,1-3H3,(H,14,15). The molecule has 4 heteroatoms. The lowest BCUT2D eigenvalue weighted by Crippen LogP contribution is -2.45. The van der Waals surface area contributed by atoms with E-state index in [-0.39, 0.29) is 11.8 Å². The molecule has 0 aliphatic rings. The van der Waals surface area contributed by atoms with E-state index in [4.69, 9.17) is 5.73 Å². The van der Waals surface area contributed by atoms with Crippen molar-refractivity contribution in [2.45, 2.75) is 52.1 Å². The van der Waals surface area contributed by atoms with Crippen LogP contribution in [-0.4, -0.2) is 29.7 Å². The monoisotopic (exact) mass is 230 g/mol. The van der Waals surface area contributed by atoms with E-state index in [0.29, 0.717) is 25.9 Å². The predicted octanol–water partition coefficient (Wildman–Crippen LogP) is 1.03. The van der Waals surface area contributed by atoms with E-state index in [0.717, 1.165) is 12.8 Å². The van der Waals surface area contributed by atoms with Gasteiger partial charge in [0, 0.05) is 13.1 Å². The largest absolute Gasteiger partial charge is 0.388 e. The molecule has 4 N–H and O–H groups in total. The highest BCUT2D eigenvalue weighted by atomic mass is 16.3. The first-order valence-corrected chi connectivity index (χ1v) is 6.23. The topological polar surface area (TPSA) is 75.4 Å². The minimum Gasteiger partial charge on any atom is -0.388 e. The SMILES string of the molecule is CCCC(CN)C(=O)NCC(O)(CC)CC. The first-order valence-electron chi connectivity index (χ1n) is 6.23. The van der Waals surface area contributed by atoms with Crippen molar-refractivity contribution in [1.29, 1.82) is 0 Å². The Morgan fingerprint density at radius 3 is 2.31 bits per heavy atom. The number of aliphatic hydroxyl groups is 1. The highest BCUT2D eigenvalue weighted by Gasteiger charge is 2.24. The van der Waals surface area contributed by atoms with E-state index < -0.39 is 5.60 Å². The number of rotatable bonds is 8. The summed E-state index contributed by atoms with van der Waals surface area (Å²) in [5.74, 6) is -0.160. The highest BCUT2D eigenvalue weighted by Crippen LogP contribution is 2.13. The second-order valence-electron chi connectivity index (χ2n) is 4.37. The van der Waals surface area contributed by atoms with Crippen molar-refractivity contribution >= 4 is 5.91 Å². The highest BCUT2D eigenvalue weighted by molar-refractivity contribution is 5.78. The molecule has 0 radical (unpaired) electrons. The van der Waals surface area contributed by atoms with Gasteiger partial charge in [-0.15, -0.1) is 0 Å². The maximum atomic E-state index is 11.7. The molecule has 0 heterocycles. The molecule has 0 fully saturated rings. The molecule has 0 aromatic heterocycles. The molecule has 16 heavy (non-hydrogen) atoms. The molecular formula is C12H26N2O2. The van der Waals surface area contributed by atoms with Gasteiger partial charge < -0.3 is 16.2 Å². The molecule has 0 saturated carbocycles. The fraction of sp³-hybridized carbons (Fsp3) is 0.917. The Morgan fingerprint density at radius 1 is 1.38 bits per heavy atom. The summed E-state index contributed by atoms with van der Waals surface area (Å²) < 4.78 is 0. The first kappa shape index (κ1) is 15.4. The smallest absolute Gasteiger partial charge is 0.224 e. The molecule has 0 rings (SSSR count). The lowest BCUT2D eigenvalue weighted by Gasteiger charge is -2.26. The van der Waals surface area contributed by atoms with Crippen molar-refractivity contribution in [2.75, 3.05) is 13.1 Å². The van der Waals surface area contributed by atoms with Crippen LogP contribution < -0.4 is 11.1 Å². The molecule has 0 aromatic carbocycles. The Bertz CT molecular complexity index is 203. The maximum absolute atomic E-state index is 11.7. The third kappa shape index (κ3) is 4.94. The van der Waals surface area contributed by atoms with Crippen LogP contribution in [0, 0.1) is 5.92 Å². The van der Waals surface area contributed by atoms with Crippen LogP contribution in [0.1, 0.15) is 46.5 Å². The van der Waals surface area contributed by atoms with Gasteiger partial charge >= 0.3 is 0 Å². The molecular weight excluding hydrogens is 204 g/mol. The van der Waals surface area contributed by atoms with Crippen LogP contribution >= 0.6 is 0 Å². The lowest BCUT2D eigenvalue weighted by atomic mass is 9.96. The van der Waals surface area contributed by atoms with Gasteiger partial charge in [0.15, 0.2) is 0 Å². The van der Waals surface area contributed by atoms with E-state index in [1.54, 1.807) is 0 Å². The molecule has 4 nitrogen and oxygen atoms in total. The number of nitrogens with two attached hydrogens (primary N) is 1. The Hall–Kier alpha value is -0.610. The van der Waals surface area contributed by atoms with E-state index in [1.807, 2.05) is 20.8 Å². The molecule has 1 atom stereocenters. The van der Waals surface area contributed by atoms with Crippen LogP contribution in [0.5, 0.6) is 0 Å². The second kappa shape index (κ2) is 7.63. The van der Waals surface area contributed by atoms with Crippen molar-refractivity contribution < 1.29 is 9.90 Å². The predicted molar refractivity (Wildman–Crippen MR) is 66.0 cm³/mol. The summed E-state index contributed by atoms with van der Waals surface area (Å²) in [6.45, 7) is 6.56. The third-order valence-electron chi connectivity index (χ3n) is 3.20. The summed E-state index contributed by atoms with van der Waals surface area (Å²) in [6, 6.07) is 0. The van der Waals surface area contributed by atoms with Gasteiger partial charge in [0.25, 0.3) is 0 Å². The number of amides is 1. The van der Waals surface area contributed by atoms with Crippen molar-refractivity contribution in [2.24, 2.45) is 11.7 Å². The molecule has 0 saturated heterocycles. The fourth-order valence-electron chi connectivity index (χ4n) is 1.60. The summed E-state index contributed by atoms with van der Waals surface area (Å²) in [4.78, 5) is 11.7. The number of carbonyl (C=O) groups is 1. The Balaban J connectivity index is 4.13. The van der Waals surface area contributed by atoms with E-state index in [9.17, 15) is 9.90 Å². The third-order valence-corrected chi connectivity index (χ3v) is 3.20. The summed E-state index contributed by atoms with van der Waals surface area (Å²) in [6.07, 6.45) is 3.04. The average molecular weight is 230 g/mol. The van der Waals surface area contributed by atoms with E-state index in [1.165, 1.54) is 0 Å². The van der Waals surface area contributed by atoms with Crippen LogP contribution in [0.2, 0.25) is 0 Å². The zero-order valence-electron chi connectivity index (χ0n) is 10.8. The molecule has 0 aliphatic heterocycles. The minimum atomic E-state index is -0.777. The molecule has 0 bridgehead atoms. The zero-order valence-corrected chi connectivity index (χ0v) is 10.8. The first-order chi connectivity index (χ1) is 7.52. The Labute approximate surface area is 98.6 Å². The van der Waals surface area contributed by atoms with Gasteiger partial charge in [-0.2, -0.15) is 0 Å². The number of hydrogen-bond donors (Lipinski definition) is 3. The zero-order chi connectivity index (χ0) is 12.6. The average Bonchev–Trinajstić information content (AvgIpc) is 2.32. The Kier molecular flexibility index (Phi) is 7.34. The molecule has 0 aromatic rings. The molecule has 1 amide bonds. The summed E-state index contributed by atoms with van der Waals surface area (Å²) in [5.41, 5.74) is 4.76. The van der Waals surface area contributed by atoms with Crippen LogP contribution in [-0.2, 0) is 4.79 Å². The number of carbonyl (C=O) groups excluding carboxylic acids is 1. The maximum Gasteiger partial charge on any atom is 0.224 e. The molecule has 1 unspecified atom stereocenters. The van der Waals surface area contributed by atoms with E-state index in [2.05, 4.69) is 5.32 Å². The van der Waals surface area contributed by atoms with Gasteiger partial charge in [-0.3, -0.25) is 4.79 Å². The van der Waals surface area contributed by atoms with E-state index >= 15 is 0 Å². The van der Waals surface area contributed by atoms with Crippen LogP contribution in [0.3, 0.4) is 0 Å². The number of hydrogen-bond acceptors (Lipinski definition) is 3. The summed E-state index contributed by atoms with van der Waals surface area (Å²) in [7, 11) is 0. The van der Waals surface area contributed by atoms with Gasteiger partial charge in [-0.1, -0.05) is 27.2 Å². The summed E-state index contributed by atoms with van der Waals surface area (Å²) >= 11 is 0. The van der Waals surface area contributed by atoms with Crippen LogP contribution in [0.25, 0.3) is 0 Å². The second-order valence-corrected chi connectivity index (χ2v) is 4.37. The quantitative estimate of drug-likeness (QED) is 0.583. The molecule has 96 valence electrons. The summed E-state index contributed by atoms with van der Waals surface area (Å²) in [5, 5.41) is 12.8. The normalized spacial score (nSPS) is 13.6. The van der Waals surface area contributed by atoms with Gasteiger partial charge in [0.1, 0.15) is 0 Å². The van der Waals surface area contributed by atoms with Gasteiger partial charge in [0.2, 0.25) is 5.91 Å². The number of nitrogens with one attached hydrogen (secondary N) is 1.